The van der Waals surface area contributed by atoms with Gasteiger partial charge in [0.2, 0.25) is 10.0 Å². The third-order valence-electron chi connectivity index (χ3n) is 4.24. The Hall–Kier alpha value is -0.860. The van der Waals surface area contributed by atoms with Crippen molar-refractivity contribution in [1.29, 1.82) is 0 Å². The van der Waals surface area contributed by atoms with Crippen molar-refractivity contribution in [3.05, 3.63) is 0 Å². The number of rotatable bonds is 9. The van der Waals surface area contributed by atoms with Gasteiger partial charge in [0, 0.05) is 46.3 Å². The van der Waals surface area contributed by atoms with Crippen LogP contribution in [-0.4, -0.2) is 100 Å². The molecule has 1 saturated heterocycles. The van der Waals surface area contributed by atoms with Crippen molar-refractivity contribution in [3.8, 4) is 0 Å². The summed E-state index contributed by atoms with van der Waals surface area (Å²) in [4.78, 5) is 17.9. The zero-order valence-corrected chi connectivity index (χ0v) is 22.8. The summed E-state index contributed by atoms with van der Waals surface area (Å²) in [6.07, 6.45) is 0.302. The van der Waals surface area contributed by atoms with Crippen molar-refractivity contribution in [2.75, 3.05) is 58.7 Å². The molecule has 0 aliphatic carbocycles. The zero-order chi connectivity index (χ0) is 22.8. The standard InChI is InChI=1S/C19H39N5O5S.HI/c1-16(2)28-14-15-30(26,27)24-12-10-23(11-13-24)17(20-6)21-8-7-9-22-18(25)29-19(3,4)5;/h16H,7-15H2,1-6H3,(H,20,21)(H,22,25);1H. The molecule has 12 heteroatoms. The quantitative estimate of drug-likeness (QED) is 0.185. The van der Waals surface area contributed by atoms with Gasteiger partial charge in [-0.05, 0) is 41.0 Å². The van der Waals surface area contributed by atoms with Crippen LogP contribution in [-0.2, 0) is 19.5 Å². The average molecular weight is 578 g/mol. The second kappa shape index (κ2) is 14.3. The number of aliphatic imine (C=N–C) groups is 1. The second-order valence-electron chi connectivity index (χ2n) is 8.38. The van der Waals surface area contributed by atoms with E-state index in [1.807, 2.05) is 39.5 Å². The highest BCUT2D eigenvalue weighted by molar-refractivity contribution is 14.0. The topological polar surface area (TPSA) is 113 Å². The Bertz CT molecular complexity index is 659. The molecule has 1 fully saturated rings. The molecule has 1 aliphatic rings. The number of carbonyl (C=O) groups is 1. The fraction of sp³-hybridized carbons (Fsp3) is 0.895. The van der Waals surface area contributed by atoms with Crippen LogP contribution >= 0.6 is 24.0 Å². The number of nitrogens with one attached hydrogen (secondary N) is 2. The maximum atomic E-state index is 12.4. The van der Waals surface area contributed by atoms with Crippen LogP contribution in [0.25, 0.3) is 0 Å². The highest BCUT2D eigenvalue weighted by atomic mass is 127. The van der Waals surface area contributed by atoms with Gasteiger partial charge in [-0.2, -0.15) is 4.31 Å². The van der Waals surface area contributed by atoms with E-state index in [-0.39, 0.29) is 42.4 Å². The van der Waals surface area contributed by atoms with Crippen molar-refractivity contribution in [2.24, 2.45) is 4.99 Å². The van der Waals surface area contributed by atoms with Crippen molar-refractivity contribution in [3.63, 3.8) is 0 Å². The summed E-state index contributed by atoms with van der Waals surface area (Å²) in [5.41, 5.74) is -0.512. The molecule has 0 aromatic heterocycles. The van der Waals surface area contributed by atoms with Crippen LogP contribution in [0.2, 0.25) is 0 Å². The Morgan fingerprint density at radius 1 is 1.10 bits per heavy atom. The minimum absolute atomic E-state index is 0. The number of hydrogen-bond acceptors (Lipinski definition) is 6. The molecule has 1 rings (SSSR count). The molecular formula is C19H40IN5O5S. The Morgan fingerprint density at radius 2 is 1.68 bits per heavy atom. The zero-order valence-electron chi connectivity index (χ0n) is 19.6. The number of alkyl carbamates (subject to hydrolysis) is 1. The number of halogens is 1. The first-order chi connectivity index (χ1) is 13.9. The van der Waals surface area contributed by atoms with Gasteiger partial charge in [0.1, 0.15) is 5.60 Å². The van der Waals surface area contributed by atoms with E-state index in [2.05, 4.69) is 15.6 Å². The number of guanidine groups is 1. The van der Waals surface area contributed by atoms with E-state index in [4.69, 9.17) is 9.47 Å². The molecule has 1 heterocycles. The predicted molar refractivity (Wildman–Crippen MR) is 134 cm³/mol. The van der Waals surface area contributed by atoms with Crippen molar-refractivity contribution >= 4 is 46.1 Å². The minimum atomic E-state index is -3.31. The molecule has 0 unspecified atom stereocenters. The van der Waals surface area contributed by atoms with Gasteiger partial charge in [-0.1, -0.05) is 0 Å². The molecule has 10 nitrogen and oxygen atoms in total. The van der Waals surface area contributed by atoms with E-state index in [0.29, 0.717) is 45.7 Å². The van der Waals surface area contributed by atoms with Crippen LogP contribution in [0.15, 0.2) is 4.99 Å². The Balaban J connectivity index is 0.00000900. The summed E-state index contributed by atoms with van der Waals surface area (Å²) >= 11 is 0. The summed E-state index contributed by atoms with van der Waals surface area (Å²) in [5.74, 6) is 0.732. The molecule has 0 spiro atoms. The number of ether oxygens (including phenoxy) is 2. The summed E-state index contributed by atoms with van der Waals surface area (Å²) < 4.78 is 37.0. The number of hydrogen-bond donors (Lipinski definition) is 2. The molecule has 0 atom stereocenters. The maximum Gasteiger partial charge on any atom is 0.407 e. The average Bonchev–Trinajstić information content (AvgIpc) is 2.63. The number of carbonyl (C=O) groups excluding carboxylic acids is 1. The van der Waals surface area contributed by atoms with Gasteiger partial charge in [-0.3, -0.25) is 4.99 Å². The molecule has 184 valence electrons. The molecule has 1 aliphatic heterocycles. The summed E-state index contributed by atoms with van der Waals surface area (Å²) in [5, 5.41) is 5.98. The van der Waals surface area contributed by atoms with Crippen LogP contribution in [0.1, 0.15) is 41.0 Å². The number of piperazine rings is 1. The fourth-order valence-corrected chi connectivity index (χ4v) is 4.11. The van der Waals surface area contributed by atoms with E-state index >= 15 is 0 Å². The third kappa shape index (κ3) is 12.7. The second-order valence-corrected chi connectivity index (χ2v) is 10.5. The van der Waals surface area contributed by atoms with Gasteiger partial charge < -0.3 is 25.0 Å². The molecule has 2 N–H and O–H groups in total. The molecule has 0 aromatic carbocycles. The van der Waals surface area contributed by atoms with Crippen LogP contribution in [0.5, 0.6) is 0 Å². The molecule has 0 radical (unpaired) electrons. The Morgan fingerprint density at radius 3 is 2.19 bits per heavy atom. The normalized spacial score (nSPS) is 16.1. The first-order valence-corrected chi connectivity index (χ1v) is 12.1. The van der Waals surface area contributed by atoms with E-state index in [0.717, 1.165) is 5.96 Å². The smallest absolute Gasteiger partial charge is 0.407 e. The molecule has 31 heavy (non-hydrogen) atoms. The first kappa shape index (κ1) is 30.1. The van der Waals surface area contributed by atoms with Crippen molar-refractivity contribution in [1.82, 2.24) is 19.8 Å². The van der Waals surface area contributed by atoms with Crippen molar-refractivity contribution < 1.29 is 22.7 Å². The molecule has 1 amide bonds. The summed E-state index contributed by atoms with van der Waals surface area (Å²) in [6, 6.07) is 0. The van der Waals surface area contributed by atoms with Gasteiger partial charge in [0.05, 0.1) is 18.5 Å². The maximum absolute atomic E-state index is 12.4. The summed E-state index contributed by atoms with van der Waals surface area (Å²) in [7, 11) is -1.61. The monoisotopic (exact) mass is 577 g/mol. The van der Waals surface area contributed by atoms with Crippen LogP contribution in [0.3, 0.4) is 0 Å². The van der Waals surface area contributed by atoms with Gasteiger partial charge in [-0.15, -0.1) is 24.0 Å². The SMILES string of the molecule is CN=C(NCCCNC(=O)OC(C)(C)C)N1CCN(S(=O)(=O)CCOC(C)C)CC1.I. The largest absolute Gasteiger partial charge is 0.444 e. The third-order valence-corrected chi connectivity index (χ3v) is 6.08. The fourth-order valence-electron chi connectivity index (χ4n) is 2.82. The lowest BCUT2D eigenvalue weighted by atomic mass is 10.2. The van der Waals surface area contributed by atoms with Crippen LogP contribution in [0.4, 0.5) is 4.79 Å². The Kier molecular flexibility index (Phi) is 13.9. The lowest BCUT2D eigenvalue weighted by Crippen LogP contribution is -2.54. The van der Waals surface area contributed by atoms with E-state index in [1.54, 1.807) is 7.05 Å². The molecule has 0 saturated carbocycles. The predicted octanol–water partition coefficient (Wildman–Crippen LogP) is 1.47. The van der Waals surface area contributed by atoms with Gasteiger partial charge in [0.25, 0.3) is 0 Å². The number of amides is 1. The number of sulfonamides is 1. The van der Waals surface area contributed by atoms with E-state index in [1.165, 1.54) is 4.31 Å². The lowest BCUT2D eigenvalue weighted by molar-refractivity contribution is 0.0527. The minimum Gasteiger partial charge on any atom is -0.444 e. The van der Waals surface area contributed by atoms with Crippen molar-refractivity contribution in [2.45, 2.75) is 52.7 Å². The first-order valence-electron chi connectivity index (χ1n) is 10.5. The summed E-state index contributed by atoms with van der Waals surface area (Å²) in [6.45, 7) is 12.6. The van der Waals surface area contributed by atoms with E-state index < -0.39 is 21.7 Å². The molecule has 0 aromatic rings. The highest BCUT2D eigenvalue weighted by Gasteiger charge is 2.28. The molecule has 0 bridgehead atoms. The van der Waals surface area contributed by atoms with Crippen LogP contribution < -0.4 is 10.6 Å². The number of nitrogens with zero attached hydrogens (tertiary/aromatic N) is 3. The molecular weight excluding hydrogens is 537 g/mol. The highest BCUT2D eigenvalue weighted by Crippen LogP contribution is 2.09. The van der Waals surface area contributed by atoms with Gasteiger partial charge >= 0.3 is 6.09 Å². The van der Waals surface area contributed by atoms with E-state index in [9.17, 15) is 13.2 Å². The van der Waals surface area contributed by atoms with Gasteiger partial charge in [0.15, 0.2) is 5.96 Å². The lowest BCUT2D eigenvalue weighted by Gasteiger charge is -2.35. The van der Waals surface area contributed by atoms with Gasteiger partial charge in [-0.25, -0.2) is 13.2 Å². The Labute approximate surface area is 204 Å². The van der Waals surface area contributed by atoms with Crippen LogP contribution in [0, 0.1) is 0 Å².